The Labute approximate surface area is 151 Å². The van der Waals surface area contributed by atoms with Gasteiger partial charge in [0.25, 0.3) is 0 Å². The van der Waals surface area contributed by atoms with Crippen LogP contribution in [0.3, 0.4) is 0 Å². The van der Waals surface area contributed by atoms with Crippen LogP contribution in [0.2, 0.25) is 5.02 Å². The van der Waals surface area contributed by atoms with Crippen LogP contribution in [0, 0.1) is 0 Å². The highest BCUT2D eigenvalue weighted by atomic mass is 35.5. The minimum Gasteiger partial charge on any atom is -0.496 e. The second-order valence-electron chi connectivity index (χ2n) is 6.11. The first-order valence-electron chi connectivity index (χ1n) is 8.83. The Morgan fingerprint density at radius 1 is 0.917 bits per heavy atom. The van der Waals surface area contributed by atoms with Crippen LogP contribution in [0.25, 0.3) is 11.1 Å². The molecule has 2 aromatic carbocycles. The van der Waals surface area contributed by atoms with E-state index in [4.69, 9.17) is 16.3 Å². The smallest absolute Gasteiger partial charge is 0.126 e. The fraction of sp³-hybridized carbons (Fsp3) is 0.429. The van der Waals surface area contributed by atoms with E-state index in [9.17, 15) is 0 Å². The zero-order chi connectivity index (χ0) is 17.4. The molecule has 2 aromatic rings. The van der Waals surface area contributed by atoms with Gasteiger partial charge in [0.2, 0.25) is 0 Å². The maximum absolute atomic E-state index is 6.46. The van der Waals surface area contributed by atoms with E-state index in [2.05, 4.69) is 36.9 Å². The van der Waals surface area contributed by atoms with Crippen LogP contribution in [-0.4, -0.2) is 31.6 Å². The summed E-state index contributed by atoms with van der Waals surface area (Å²) in [5.74, 6) is 0.857. The number of rotatable bonds is 9. The molecule has 0 unspecified atom stereocenters. The summed E-state index contributed by atoms with van der Waals surface area (Å²) < 4.78 is 5.49. The van der Waals surface area contributed by atoms with Gasteiger partial charge in [-0.1, -0.05) is 49.7 Å². The number of hydrogen-bond acceptors (Lipinski definition) is 2. The lowest BCUT2D eigenvalue weighted by atomic mass is 10.0. The third-order valence-corrected chi connectivity index (χ3v) is 4.55. The van der Waals surface area contributed by atoms with Gasteiger partial charge in [0, 0.05) is 22.7 Å². The molecule has 0 saturated carbocycles. The topological polar surface area (TPSA) is 12.5 Å². The summed E-state index contributed by atoms with van der Waals surface area (Å²) in [6.45, 7) is 7.91. The van der Waals surface area contributed by atoms with E-state index in [1.807, 2.05) is 24.3 Å². The Kier molecular flexibility index (Phi) is 7.61. The molecule has 0 aliphatic rings. The van der Waals surface area contributed by atoms with Gasteiger partial charge in [-0.15, -0.1) is 0 Å². The maximum Gasteiger partial charge on any atom is 0.126 e. The summed E-state index contributed by atoms with van der Waals surface area (Å²) in [6.07, 6.45) is 3.44. The van der Waals surface area contributed by atoms with Crippen molar-refractivity contribution in [3.63, 3.8) is 0 Å². The molecule has 0 radical (unpaired) electrons. The van der Waals surface area contributed by atoms with E-state index in [1.54, 1.807) is 7.11 Å². The molecule has 0 aromatic heterocycles. The number of ether oxygens (including phenoxy) is 1. The van der Waals surface area contributed by atoms with Gasteiger partial charge in [-0.05, 0) is 56.1 Å². The molecule has 0 atom stereocenters. The van der Waals surface area contributed by atoms with Crippen LogP contribution in [0.1, 0.15) is 32.3 Å². The molecular weight excluding hydrogens is 318 g/mol. The molecule has 0 aliphatic carbocycles. The summed E-state index contributed by atoms with van der Waals surface area (Å²) in [5.41, 5.74) is 3.41. The highest BCUT2D eigenvalue weighted by molar-refractivity contribution is 6.33. The van der Waals surface area contributed by atoms with E-state index >= 15 is 0 Å². The van der Waals surface area contributed by atoms with Crippen molar-refractivity contribution in [2.45, 2.75) is 33.1 Å². The first-order valence-corrected chi connectivity index (χ1v) is 9.21. The molecule has 24 heavy (non-hydrogen) atoms. The van der Waals surface area contributed by atoms with E-state index in [0.717, 1.165) is 34.9 Å². The number of hydrogen-bond donors (Lipinski definition) is 0. The predicted molar refractivity (Wildman–Crippen MR) is 104 cm³/mol. The van der Waals surface area contributed by atoms with E-state index in [-0.39, 0.29) is 0 Å². The normalized spacial score (nSPS) is 11.0. The lowest BCUT2D eigenvalue weighted by molar-refractivity contribution is 0.278. The quantitative estimate of drug-likeness (QED) is 0.579. The van der Waals surface area contributed by atoms with E-state index < -0.39 is 0 Å². The van der Waals surface area contributed by atoms with Crippen molar-refractivity contribution in [2.75, 3.05) is 26.7 Å². The summed E-state index contributed by atoms with van der Waals surface area (Å²) in [6, 6.07) is 14.4. The molecule has 0 amide bonds. The second kappa shape index (κ2) is 9.71. The molecule has 0 aliphatic heterocycles. The molecule has 0 fully saturated rings. The Balaban J connectivity index is 2.19. The van der Waals surface area contributed by atoms with Gasteiger partial charge in [0.05, 0.1) is 7.11 Å². The van der Waals surface area contributed by atoms with Crippen LogP contribution in [0.5, 0.6) is 5.75 Å². The fourth-order valence-electron chi connectivity index (χ4n) is 3.06. The third kappa shape index (κ3) is 4.99. The molecule has 2 rings (SSSR count). The number of halogens is 1. The van der Waals surface area contributed by atoms with Crippen LogP contribution < -0.4 is 4.74 Å². The molecule has 0 N–H and O–H groups in total. The third-order valence-electron chi connectivity index (χ3n) is 4.22. The van der Waals surface area contributed by atoms with Crippen LogP contribution in [0.15, 0.2) is 42.5 Å². The Bertz CT molecular complexity index is 635. The highest BCUT2D eigenvalue weighted by Gasteiger charge is 2.10. The van der Waals surface area contributed by atoms with Gasteiger partial charge in [0.1, 0.15) is 5.75 Å². The zero-order valence-corrected chi connectivity index (χ0v) is 15.8. The summed E-state index contributed by atoms with van der Waals surface area (Å²) >= 11 is 6.46. The maximum atomic E-state index is 6.46. The van der Waals surface area contributed by atoms with Crippen molar-refractivity contribution >= 4 is 11.6 Å². The Morgan fingerprint density at radius 2 is 1.62 bits per heavy atom. The number of benzene rings is 2. The molecular formula is C21H28ClNO. The van der Waals surface area contributed by atoms with Crippen LogP contribution >= 0.6 is 11.6 Å². The fourth-order valence-corrected chi connectivity index (χ4v) is 3.28. The molecule has 0 spiro atoms. The van der Waals surface area contributed by atoms with Crippen molar-refractivity contribution in [3.8, 4) is 16.9 Å². The average Bonchev–Trinajstić information content (AvgIpc) is 2.61. The first-order chi connectivity index (χ1) is 11.7. The van der Waals surface area contributed by atoms with Gasteiger partial charge >= 0.3 is 0 Å². The highest BCUT2D eigenvalue weighted by Crippen LogP contribution is 2.35. The minimum atomic E-state index is 0.766. The standard InChI is InChI=1S/C21H28ClNO/c1-4-13-23(14-5-2)15-12-17-10-11-20(22)19(16-17)18-8-6-7-9-21(18)24-3/h6-11,16H,4-5,12-15H2,1-3H3. The number of para-hydroxylation sites is 1. The van der Waals surface area contributed by atoms with Crippen LogP contribution in [-0.2, 0) is 6.42 Å². The SMILES string of the molecule is CCCN(CCC)CCc1ccc(Cl)c(-c2ccccc2OC)c1. The van der Waals surface area contributed by atoms with E-state index in [0.29, 0.717) is 0 Å². The lowest BCUT2D eigenvalue weighted by Crippen LogP contribution is -2.27. The van der Waals surface area contributed by atoms with Crippen molar-refractivity contribution in [1.29, 1.82) is 0 Å². The van der Waals surface area contributed by atoms with Crippen molar-refractivity contribution in [1.82, 2.24) is 4.90 Å². The Hall–Kier alpha value is -1.51. The molecule has 130 valence electrons. The van der Waals surface area contributed by atoms with Crippen molar-refractivity contribution in [3.05, 3.63) is 53.1 Å². The average molecular weight is 346 g/mol. The number of methoxy groups -OCH3 is 1. The molecule has 2 nitrogen and oxygen atoms in total. The summed E-state index contributed by atoms with van der Waals surface area (Å²) in [5, 5.41) is 0.766. The zero-order valence-electron chi connectivity index (χ0n) is 15.0. The van der Waals surface area contributed by atoms with Gasteiger partial charge in [-0.2, -0.15) is 0 Å². The van der Waals surface area contributed by atoms with E-state index in [1.165, 1.54) is 31.5 Å². The van der Waals surface area contributed by atoms with Gasteiger partial charge in [-0.3, -0.25) is 0 Å². The molecule has 0 saturated heterocycles. The Morgan fingerprint density at radius 3 is 2.29 bits per heavy atom. The monoisotopic (exact) mass is 345 g/mol. The van der Waals surface area contributed by atoms with Gasteiger partial charge in [-0.25, -0.2) is 0 Å². The number of nitrogens with zero attached hydrogens (tertiary/aromatic N) is 1. The lowest BCUT2D eigenvalue weighted by Gasteiger charge is -2.21. The van der Waals surface area contributed by atoms with Crippen LogP contribution in [0.4, 0.5) is 0 Å². The summed E-state index contributed by atoms with van der Waals surface area (Å²) in [7, 11) is 1.70. The van der Waals surface area contributed by atoms with Crippen molar-refractivity contribution in [2.24, 2.45) is 0 Å². The largest absolute Gasteiger partial charge is 0.496 e. The molecule has 3 heteroatoms. The van der Waals surface area contributed by atoms with Gasteiger partial charge < -0.3 is 9.64 Å². The first kappa shape index (κ1) is 18.8. The predicted octanol–water partition coefficient (Wildman–Crippen LogP) is 5.68. The minimum absolute atomic E-state index is 0.766. The van der Waals surface area contributed by atoms with Crippen molar-refractivity contribution < 1.29 is 4.74 Å². The second-order valence-corrected chi connectivity index (χ2v) is 6.51. The summed E-state index contributed by atoms with van der Waals surface area (Å²) in [4.78, 5) is 2.54. The van der Waals surface area contributed by atoms with Gasteiger partial charge in [0.15, 0.2) is 0 Å². The molecule has 0 bridgehead atoms. The molecule has 0 heterocycles.